The first kappa shape index (κ1) is 16.9. The van der Waals surface area contributed by atoms with Crippen molar-refractivity contribution in [2.75, 3.05) is 0 Å². The van der Waals surface area contributed by atoms with Gasteiger partial charge in [0.2, 0.25) is 0 Å². The molecule has 2 aromatic rings. The molecule has 1 nitrogen and oxygen atoms in total. The van der Waals surface area contributed by atoms with Crippen molar-refractivity contribution in [3.8, 4) is 0 Å². The fourth-order valence-corrected chi connectivity index (χ4v) is 4.80. The molecular weight excluding hydrogens is 364 g/mol. The summed E-state index contributed by atoms with van der Waals surface area (Å²) in [6.07, 6.45) is 3.17. The minimum absolute atomic E-state index is 0.109. The topological polar surface area (TPSA) is 17.1 Å². The van der Waals surface area contributed by atoms with E-state index in [0.717, 1.165) is 24.0 Å². The van der Waals surface area contributed by atoms with E-state index >= 15 is 0 Å². The fourth-order valence-electron chi connectivity index (χ4n) is 2.33. The number of carbonyl (C=O) groups excluding carboxylic acids is 1. The molecule has 4 heteroatoms. The third kappa shape index (κ3) is 4.05. The Hall–Kier alpha value is -0.450. The standard InChI is InChI=1S/C17H21BrOS2/c1-16(2,13-6-5-12(11-19)20-13)9-10-17(3,4)14-7-8-15(18)21-14/h5-8,11H,9-10H2,1-4H3. The first-order valence-electron chi connectivity index (χ1n) is 7.06. The smallest absolute Gasteiger partial charge is 0.160 e. The summed E-state index contributed by atoms with van der Waals surface area (Å²) >= 11 is 6.99. The van der Waals surface area contributed by atoms with Gasteiger partial charge in [-0.05, 0) is 63.9 Å². The van der Waals surface area contributed by atoms with Crippen LogP contribution in [0.3, 0.4) is 0 Å². The molecule has 2 rings (SSSR count). The number of aldehydes is 1. The van der Waals surface area contributed by atoms with Gasteiger partial charge in [0.15, 0.2) is 6.29 Å². The minimum atomic E-state index is 0.109. The van der Waals surface area contributed by atoms with Crippen LogP contribution < -0.4 is 0 Å². The van der Waals surface area contributed by atoms with E-state index in [4.69, 9.17) is 0 Å². The number of hydrogen-bond acceptors (Lipinski definition) is 3. The van der Waals surface area contributed by atoms with Gasteiger partial charge in [0, 0.05) is 9.75 Å². The highest BCUT2D eigenvalue weighted by Gasteiger charge is 2.29. The Labute approximate surface area is 143 Å². The Bertz CT molecular complexity index is 622. The van der Waals surface area contributed by atoms with Crippen LogP contribution in [0.1, 0.15) is 60.0 Å². The van der Waals surface area contributed by atoms with Crippen LogP contribution in [-0.4, -0.2) is 6.29 Å². The van der Waals surface area contributed by atoms with Crippen molar-refractivity contribution in [1.29, 1.82) is 0 Å². The van der Waals surface area contributed by atoms with Gasteiger partial charge in [-0.15, -0.1) is 22.7 Å². The molecule has 0 radical (unpaired) electrons. The van der Waals surface area contributed by atoms with Crippen molar-refractivity contribution in [1.82, 2.24) is 0 Å². The molecule has 114 valence electrons. The summed E-state index contributed by atoms with van der Waals surface area (Å²) in [5, 5.41) is 0. The van der Waals surface area contributed by atoms with E-state index < -0.39 is 0 Å². The second-order valence-corrected chi connectivity index (χ2v) is 10.3. The molecule has 0 N–H and O–H groups in total. The monoisotopic (exact) mass is 384 g/mol. The van der Waals surface area contributed by atoms with Gasteiger partial charge in [-0.3, -0.25) is 4.79 Å². The van der Waals surface area contributed by atoms with Crippen LogP contribution in [0.2, 0.25) is 0 Å². The van der Waals surface area contributed by atoms with E-state index in [1.54, 1.807) is 11.3 Å². The zero-order valence-corrected chi connectivity index (χ0v) is 16.1. The number of thiophene rings is 2. The summed E-state index contributed by atoms with van der Waals surface area (Å²) in [4.78, 5) is 14.4. The van der Waals surface area contributed by atoms with Crippen molar-refractivity contribution in [2.45, 2.75) is 51.4 Å². The molecule has 0 saturated heterocycles. The maximum absolute atomic E-state index is 10.9. The average Bonchev–Trinajstić information content (AvgIpc) is 3.05. The molecule has 0 saturated carbocycles. The normalized spacial score (nSPS) is 12.6. The van der Waals surface area contributed by atoms with Crippen LogP contribution in [0.5, 0.6) is 0 Å². The van der Waals surface area contributed by atoms with E-state index in [2.05, 4.69) is 61.8 Å². The Morgan fingerprint density at radius 1 is 0.952 bits per heavy atom. The first-order valence-corrected chi connectivity index (χ1v) is 9.48. The van der Waals surface area contributed by atoms with Crippen LogP contribution >= 0.6 is 38.6 Å². The number of carbonyl (C=O) groups is 1. The summed E-state index contributed by atoms with van der Waals surface area (Å²) in [6.45, 7) is 9.17. The molecule has 0 aliphatic carbocycles. The highest BCUT2D eigenvalue weighted by molar-refractivity contribution is 9.11. The summed E-state index contributed by atoms with van der Waals surface area (Å²) in [5.74, 6) is 0. The van der Waals surface area contributed by atoms with Gasteiger partial charge >= 0.3 is 0 Å². The lowest BCUT2D eigenvalue weighted by Crippen LogP contribution is -2.22. The molecule has 0 amide bonds. The van der Waals surface area contributed by atoms with E-state index in [-0.39, 0.29) is 10.8 Å². The van der Waals surface area contributed by atoms with Gasteiger partial charge in [-0.1, -0.05) is 27.7 Å². The molecule has 0 atom stereocenters. The molecule has 0 fully saturated rings. The Morgan fingerprint density at radius 3 is 1.90 bits per heavy atom. The Kier molecular flexibility index (Phi) is 5.11. The van der Waals surface area contributed by atoms with Crippen molar-refractivity contribution < 1.29 is 4.79 Å². The number of rotatable bonds is 6. The fraction of sp³-hybridized carbons (Fsp3) is 0.471. The number of halogens is 1. The molecule has 0 spiro atoms. The summed E-state index contributed by atoms with van der Waals surface area (Å²) in [5.41, 5.74) is 0.288. The third-order valence-electron chi connectivity index (χ3n) is 4.03. The molecule has 0 aromatic carbocycles. The van der Waals surface area contributed by atoms with Gasteiger partial charge < -0.3 is 0 Å². The van der Waals surface area contributed by atoms with Crippen LogP contribution in [-0.2, 0) is 10.8 Å². The zero-order chi connectivity index (χ0) is 15.7. The second-order valence-electron chi connectivity index (χ2n) is 6.69. The van der Waals surface area contributed by atoms with Gasteiger partial charge in [-0.25, -0.2) is 0 Å². The average molecular weight is 385 g/mol. The SMILES string of the molecule is CC(C)(CCC(C)(C)c1ccc(C=O)s1)c1ccc(Br)s1. The lowest BCUT2D eigenvalue weighted by molar-refractivity contribution is 0.112. The number of hydrogen-bond donors (Lipinski definition) is 0. The highest BCUT2D eigenvalue weighted by atomic mass is 79.9. The first-order chi connectivity index (χ1) is 9.74. The van der Waals surface area contributed by atoms with Crippen molar-refractivity contribution >= 4 is 44.9 Å². The summed E-state index contributed by atoms with van der Waals surface area (Å²) < 4.78 is 1.19. The molecule has 2 aromatic heterocycles. The van der Waals surface area contributed by atoms with Crippen molar-refractivity contribution in [3.63, 3.8) is 0 Å². The van der Waals surface area contributed by atoms with E-state index in [0.29, 0.717) is 0 Å². The maximum atomic E-state index is 10.9. The maximum Gasteiger partial charge on any atom is 0.160 e. The Balaban J connectivity index is 2.08. The van der Waals surface area contributed by atoms with E-state index in [1.807, 2.05) is 17.4 Å². The Morgan fingerprint density at radius 2 is 1.48 bits per heavy atom. The lowest BCUT2D eigenvalue weighted by atomic mass is 9.77. The van der Waals surface area contributed by atoms with Crippen LogP contribution in [0.15, 0.2) is 28.1 Å². The van der Waals surface area contributed by atoms with Crippen molar-refractivity contribution in [3.05, 3.63) is 42.7 Å². The molecular formula is C17H21BrOS2. The van der Waals surface area contributed by atoms with Crippen LogP contribution in [0.4, 0.5) is 0 Å². The molecule has 2 heterocycles. The van der Waals surface area contributed by atoms with Gasteiger partial charge in [0.1, 0.15) is 0 Å². The minimum Gasteiger partial charge on any atom is -0.297 e. The molecule has 21 heavy (non-hydrogen) atoms. The van der Waals surface area contributed by atoms with Crippen molar-refractivity contribution in [2.24, 2.45) is 0 Å². The van der Waals surface area contributed by atoms with Crippen LogP contribution in [0, 0.1) is 0 Å². The molecule has 0 aliphatic heterocycles. The second kappa shape index (κ2) is 6.35. The predicted octanol–water partition coefficient (Wildman–Crippen LogP) is 6.42. The van der Waals surface area contributed by atoms with Crippen LogP contribution in [0.25, 0.3) is 0 Å². The van der Waals surface area contributed by atoms with E-state index in [9.17, 15) is 4.79 Å². The molecule has 0 bridgehead atoms. The zero-order valence-electron chi connectivity index (χ0n) is 12.9. The lowest BCUT2D eigenvalue weighted by Gasteiger charge is -2.30. The van der Waals surface area contributed by atoms with Gasteiger partial charge in [0.25, 0.3) is 0 Å². The van der Waals surface area contributed by atoms with E-state index in [1.165, 1.54) is 13.5 Å². The molecule has 0 aliphatic rings. The summed E-state index contributed by atoms with van der Waals surface area (Å²) in [6, 6.07) is 8.37. The quantitative estimate of drug-likeness (QED) is 0.525. The third-order valence-corrected chi connectivity index (χ3v) is 7.39. The van der Waals surface area contributed by atoms with Gasteiger partial charge in [-0.2, -0.15) is 0 Å². The highest BCUT2D eigenvalue weighted by Crippen LogP contribution is 2.40. The summed E-state index contributed by atoms with van der Waals surface area (Å²) in [7, 11) is 0. The predicted molar refractivity (Wildman–Crippen MR) is 97.0 cm³/mol. The largest absolute Gasteiger partial charge is 0.297 e. The molecule has 0 unspecified atom stereocenters. The van der Waals surface area contributed by atoms with Gasteiger partial charge in [0.05, 0.1) is 8.66 Å².